The van der Waals surface area contributed by atoms with Gasteiger partial charge in [-0.15, -0.1) is 0 Å². The van der Waals surface area contributed by atoms with Crippen LogP contribution >= 0.6 is 31.9 Å². The van der Waals surface area contributed by atoms with Crippen molar-refractivity contribution in [3.63, 3.8) is 0 Å². The van der Waals surface area contributed by atoms with Crippen LogP contribution in [-0.4, -0.2) is 13.2 Å². The summed E-state index contributed by atoms with van der Waals surface area (Å²) in [6, 6.07) is 14.1. The van der Waals surface area contributed by atoms with Gasteiger partial charge >= 0.3 is 0 Å². The van der Waals surface area contributed by atoms with Crippen LogP contribution in [0.5, 0.6) is 5.75 Å². The highest BCUT2D eigenvalue weighted by Gasteiger charge is 1.99. The Morgan fingerprint density at radius 3 is 2.68 bits per heavy atom. The molecule has 2 nitrogen and oxygen atoms in total. The highest BCUT2D eigenvalue weighted by Crippen LogP contribution is 2.23. The molecule has 0 atom stereocenters. The van der Waals surface area contributed by atoms with Crippen LogP contribution in [0.4, 0.5) is 5.69 Å². The highest BCUT2D eigenvalue weighted by atomic mass is 79.9. The summed E-state index contributed by atoms with van der Waals surface area (Å²) >= 11 is 6.97. The van der Waals surface area contributed by atoms with Crippen LogP contribution in [0.2, 0.25) is 0 Å². The molecule has 0 fully saturated rings. The number of rotatable bonds is 5. The molecule has 0 heterocycles. The molecule has 0 bridgehead atoms. The SMILES string of the molecule is Cc1ccc(NCCOc2cccc(Br)c2)c(Br)c1. The van der Waals surface area contributed by atoms with Gasteiger partial charge in [0.05, 0.1) is 0 Å². The second kappa shape index (κ2) is 6.96. The first-order valence-electron chi connectivity index (χ1n) is 6.03. The van der Waals surface area contributed by atoms with Crippen molar-refractivity contribution in [2.45, 2.75) is 6.92 Å². The Bertz CT molecular complexity index is 558. The summed E-state index contributed by atoms with van der Waals surface area (Å²) in [4.78, 5) is 0. The minimum atomic E-state index is 0.622. The standard InChI is InChI=1S/C15H15Br2NO/c1-11-5-6-15(14(17)9-11)18-7-8-19-13-4-2-3-12(16)10-13/h2-6,9-10,18H,7-8H2,1H3. The van der Waals surface area contributed by atoms with Gasteiger partial charge in [0.25, 0.3) is 0 Å². The fourth-order valence-corrected chi connectivity index (χ4v) is 2.69. The van der Waals surface area contributed by atoms with E-state index in [2.05, 4.69) is 62.3 Å². The van der Waals surface area contributed by atoms with Crippen molar-refractivity contribution in [2.24, 2.45) is 0 Å². The molecule has 100 valence electrons. The van der Waals surface area contributed by atoms with Crippen molar-refractivity contribution in [3.05, 3.63) is 57.0 Å². The Balaban J connectivity index is 1.81. The lowest BCUT2D eigenvalue weighted by atomic mass is 10.2. The van der Waals surface area contributed by atoms with Crippen molar-refractivity contribution in [1.29, 1.82) is 0 Å². The first kappa shape index (κ1) is 14.4. The summed E-state index contributed by atoms with van der Waals surface area (Å²) < 4.78 is 7.77. The summed E-state index contributed by atoms with van der Waals surface area (Å²) in [7, 11) is 0. The van der Waals surface area contributed by atoms with Gasteiger partial charge in [0.1, 0.15) is 12.4 Å². The third-order valence-electron chi connectivity index (χ3n) is 2.61. The molecule has 0 radical (unpaired) electrons. The van der Waals surface area contributed by atoms with Gasteiger partial charge in [-0.25, -0.2) is 0 Å². The lowest BCUT2D eigenvalue weighted by Gasteiger charge is -2.10. The number of hydrogen-bond donors (Lipinski definition) is 1. The van der Waals surface area contributed by atoms with Crippen LogP contribution in [0.1, 0.15) is 5.56 Å². The van der Waals surface area contributed by atoms with Gasteiger partial charge in [-0.1, -0.05) is 28.1 Å². The molecule has 0 aliphatic rings. The molecule has 4 heteroatoms. The van der Waals surface area contributed by atoms with Gasteiger partial charge in [0.15, 0.2) is 0 Å². The normalized spacial score (nSPS) is 10.3. The number of aryl methyl sites for hydroxylation is 1. The summed E-state index contributed by atoms with van der Waals surface area (Å²) in [5.74, 6) is 0.874. The minimum Gasteiger partial charge on any atom is -0.492 e. The van der Waals surface area contributed by atoms with Crippen molar-refractivity contribution >= 4 is 37.5 Å². The fourth-order valence-electron chi connectivity index (χ4n) is 1.67. The maximum Gasteiger partial charge on any atom is 0.120 e. The van der Waals surface area contributed by atoms with E-state index in [0.29, 0.717) is 6.61 Å². The van der Waals surface area contributed by atoms with Crippen LogP contribution in [0.25, 0.3) is 0 Å². The van der Waals surface area contributed by atoms with E-state index in [0.717, 1.165) is 26.9 Å². The first-order valence-corrected chi connectivity index (χ1v) is 7.62. The summed E-state index contributed by atoms with van der Waals surface area (Å²) in [6.45, 7) is 3.45. The molecule has 0 unspecified atom stereocenters. The summed E-state index contributed by atoms with van der Waals surface area (Å²) in [5.41, 5.74) is 2.33. The van der Waals surface area contributed by atoms with E-state index in [4.69, 9.17) is 4.74 Å². The molecule has 2 aromatic rings. The third-order valence-corrected chi connectivity index (χ3v) is 3.76. The van der Waals surface area contributed by atoms with E-state index in [1.54, 1.807) is 0 Å². The number of anilines is 1. The maximum absolute atomic E-state index is 5.66. The van der Waals surface area contributed by atoms with Crippen molar-refractivity contribution < 1.29 is 4.74 Å². The number of halogens is 2. The first-order chi connectivity index (χ1) is 9.15. The molecule has 2 aromatic carbocycles. The molecule has 1 N–H and O–H groups in total. The van der Waals surface area contributed by atoms with Crippen LogP contribution in [-0.2, 0) is 0 Å². The van der Waals surface area contributed by atoms with Gasteiger partial charge in [0.2, 0.25) is 0 Å². The molecular weight excluding hydrogens is 370 g/mol. The zero-order valence-corrected chi connectivity index (χ0v) is 13.8. The van der Waals surface area contributed by atoms with Gasteiger partial charge in [0, 0.05) is 21.2 Å². The zero-order valence-electron chi connectivity index (χ0n) is 10.6. The zero-order chi connectivity index (χ0) is 13.7. The number of ether oxygens (including phenoxy) is 1. The molecule has 0 saturated heterocycles. The van der Waals surface area contributed by atoms with E-state index in [1.807, 2.05) is 24.3 Å². The van der Waals surface area contributed by atoms with Gasteiger partial charge in [-0.2, -0.15) is 0 Å². The van der Waals surface area contributed by atoms with Crippen molar-refractivity contribution in [3.8, 4) is 5.75 Å². The van der Waals surface area contributed by atoms with Crippen molar-refractivity contribution in [2.75, 3.05) is 18.5 Å². The lowest BCUT2D eigenvalue weighted by Crippen LogP contribution is -2.11. The Hall–Kier alpha value is -1.000. The molecule has 0 amide bonds. The van der Waals surface area contributed by atoms with Gasteiger partial charge < -0.3 is 10.1 Å². The predicted molar refractivity (Wildman–Crippen MR) is 87.0 cm³/mol. The quantitative estimate of drug-likeness (QED) is 0.731. The molecule has 0 spiro atoms. The van der Waals surface area contributed by atoms with Crippen LogP contribution in [0.3, 0.4) is 0 Å². The second-order valence-corrected chi connectivity index (χ2v) is 5.99. The molecule has 0 saturated carbocycles. The molecular formula is C15H15Br2NO. The van der Waals surface area contributed by atoms with Crippen LogP contribution < -0.4 is 10.1 Å². The molecule has 0 aliphatic carbocycles. The largest absolute Gasteiger partial charge is 0.492 e. The van der Waals surface area contributed by atoms with E-state index < -0.39 is 0 Å². The Morgan fingerprint density at radius 2 is 1.95 bits per heavy atom. The molecule has 19 heavy (non-hydrogen) atoms. The van der Waals surface area contributed by atoms with Gasteiger partial charge in [-0.05, 0) is 58.7 Å². The maximum atomic E-state index is 5.66. The van der Waals surface area contributed by atoms with E-state index in [-0.39, 0.29) is 0 Å². The number of benzene rings is 2. The molecule has 2 rings (SSSR count). The van der Waals surface area contributed by atoms with E-state index in [9.17, 15) is 0 Å². The van der Waals surface area contributed by atoms with E-state index in [1.165, 1.54) is 5.56 Å². The second-order valence-electron chi connectivity index (χ2n) is 4.22. The molecule has 0 aliphatic heterocycles. The average Bonchev–Trinajstić information content (AvgIpc) is 2.37. The van der Waals surface area contributed by atoms with E-state index >= 15 is 0 Å². The Kier molecular flexibility index (Phi) is 5.28. The smallest absolute Gasteiger partial charge is 0.120 e. The predicted octanol–water partition coefficient (Wildman–Crippen LogP) is 5.01. The van der Waals surface area contributed by atoms with Crippen molar-refractivity contribution in [1.82, 2.24) is 0 Å². The Labute approximate surface area is 130 Å². The summed E-state index contributed by atoms with van der Waals surface area (Å²) in [5, 5.41) is 3.34. The highest BCUT2D eigenvalue weighted by molar-refractivity contribution is 9.10. The average molecular weight is 385 g/mol. The van der Waals surface area contributed by atoms with Crippen LogP contribution in [0, 0.1) is 6.92 Å². The number of nitrogens with one attached hydrogen (secondary N) is 1. The minimum absolute atomic E-state index is 0.622. The Morgan fingerprint density at radius 1 is 1.11 bits per heavy atom. The third kappa shape index (κ3) is 4.55. The fraction of sp³-hybridized carbons (Fsp3) is 0.200. The topological polar surface area (TPSA) is 21.3 Å². The monoisotopic (exact) mass is 383 g/mol. The number of hydrogen-bond acceptors (Lipinski definition) is 2. The van der Waals surface area contributed by atoms with Gasteiger partial charge in [-0.3, -0.25) is 0 Å². The molecule has 0 aromatic heterocycles. The van der Waals surface area contributed by atoms with Crippen LogP contribution in [0.15, 0.2) is 51.4 Å². The lowest BCUT2D eigenvalue weighted by molar-refractivity contribution is 0.332. The summed E-state index contributed by atoms with van der Waals surface area (Å²) in [6.07, 6.45) is 0.